The van der Waals surface area contributed by atoms with Crippen molar-refractivity contribution in [1.29, 1.82) is 0 Å². The molecule has 0 bridgehead atoms. The van der Waals surface area contributed by atoms with Crippen LogP contribution in [0.1, 0.15) is 24.5 Å². The number of carbonyl (C=O) groups excluding carboxylic acids is 1. The number of pyridine rings is 1. The van der Waals surface area contributed by atoms with Gasteiger partial charge >= 0.3 is 0 Å². The first kappa shape index (κ1) is 17.0. The largest absolute Gasteiger partial charge is 0.494 e. The van der Waals surface area contributed by atoms with Crippen molar-refractivity contribution in [2.45, 2.75) is 26.4 Å². The molecule has 0 fully saturated rings. The van der Waals surface area contributed by atoms with Crippen LogP contribution in [0.15, 0.2) is 48.8 Å². The zero-order valence-electron chi connectivity index (χ0n) is 13.4. The highest BCUT2D eigenvalue weighted by Crippen LogP contribution is 2.11. The van der Waals surface area contributed by atoms with Crippen LogP contribution in [-0.4, -0.2) is 24.0 Å². The topological polar surface area (TPSA) is 63.2 Å². The predicted octanol–water partition coefficient (Wildman–Crippen LogP) is 2.28. The average Bonchev–Trinajstić information content (AvgIpc) is 2.59. The third kappa shape index (κ3) is 6.48. The van der Waals surface area contributed by atoms with E-state index in [1.807, 2.05) is 43.3 Å². The van der Waals surface area contributed by atoms with Crippen molar-refractivity contribution in [1.82, 2.24) is 15.6 Å². The molecular formula is C18H23N3O2. The van der Waals surface area contributed by atoms with Gasteiger partial charge in [0, 0.05) is 38.4 Å². The fraction of sp³-hybridized carbons (Fsp3) is 0.333. The Morgan fingerprint density at radius 1 is 1.13 bits per heavy atom. The van der Waals surface area contributed by atoms with Gasteiger partial charge in [0.1, 0.15) is 5.75 Å². The maximum atomic E-state index is 11.8. The molecule has 5 nitrogen and oxygen atoms in total. The summed E-state index contributed by atoms with van der Waals surface area (Å²) in [6, 6.07) is 11.8. The highest BCUT2D eigenvalue weighted by atomic mass is 16.5. The number of nitrogens with zero attached hydrogens (tertiary/aromatic N) is 1. The normalized spacial score (nSPS) is 10.3. The molecule has 0 aliphatic carbocycles. The number of carbonyl (C=O) groups is 1. The molecule has 1 aromatic heterocycles. The summed E-state index contributed by atoms with van der Waals surface area (Å²) in [4.78, 5) is 15.8. The number of hydrogen-bond donors (Lipinski definition) is 2. The van der Waals surface area contributed by atoms with Crippen LogP contribution >= 0.6 is 0 Å². The van der Waals surface area contributed by atoms with Crippen LogP contribution in [0, 0.1) is 0 Å². The van der Waals surface area contributed by atoms with Gasteiger partial charge in [-0.1, -0.05) is 18.2 Å². The Bertz CT molecular complexity index is 585. The summed E-state index contributed by atoms with van der Waals surface area (Å²) in [6.45, 7) is 4.54. The van der Waals surface area contributed by atoms with E-state index in [1.165, 1.54) is 5.56 Å². The fourth-order valence-corrected chi connectivity index (χ4v) is 2.10. The van der Waals surface area contributed by atoms with Gasteiger partial charge in [0.05, 0.1) is 6.61 Å². The predicted molar refractivity (Wildman–Crippen MR) is 90.0 cm³/mol. The van der Waals surface area contributed by atoms with Gasteiger partial charge in [0.15, 0.2) is 0 Å². The lowest BCUT2D eigenvalue weighted by Crippen LogP contribution is -2.27. The number of rotatable bonds is 9. The average molecular weight is 313 g/mol. The lowest BCUT2D eigenvalue weighted by molar-refractivity contribution is -0.121. The van der Waals surface area contributed by atoms with Crippen LogP contribution in [0.2, 0.25) is 0 Å². The first-order valence-corrected chi connectivity index (χ1v) is 7.86. The minimum Gasteiger partial charge on any atom is -0.494 e. The van der Waals surface area contributed by atoms with Crippen molar-refractivity contribution >= 4 is 5.91 Å². The Labute approximate surface area is 137 Å². The van der Waals surface area contributed by atoms with Crippen molar-refractivity contribution in [3.63, 3.8) is 0 Å². The number of ether oxygens (including phenoxy) is 1. The molecule has 2 N–H and O–H groups in total. The third-order valence-corrected chi connectivity index (χ3v) is 3.30. The molecule has 0 aliphatic heterocycles. The monoisotopic (exact) mass is 313 g/mol. The van der Waals surface area contributed by atoms with Gasteiger partial charge in [0.2, 0.25) is 5.91 Å². The maximum absolute atomic E-state index is 11.8. The minimum absolute atomic E-state index is 0.0352. The molecule has 122 valence electrons. The lowest BCUT2D eigenvalue weighted by atomic mass is 10.2. The summed E-state index contributed by atoms with van der Waals surface area (Å²) < 4.78 is 5.40. The molecular weight excluding hydrogens is 290 g/mol. The van der Waals surface area contributed by atoms with Gasteiger partial charge < -0.3 is 15.4 Å². The Kier molecular flexibility index (Phi) is 7.07. The second-order valence-corrected chi connectivity index (χ2v) is 5.14. The fourth-order valence-electron chi connectivity index (χ4n) is 2.10. The summed E-state index contributed by atoms with van der Waals surface area (Å²) >= 11 is 0. The summed E-state index contributed by atoms with van der Waals surface area (Å²) in [5.41, 5.74) is 2.17. The molecule has 0 spiro atoms. The number of benzene rings is 1. The summed E-state index contributed by atoms with van der Waals surface area (Å²) in [7, 11) is 0. The molecule has 5 heteroatoms. The SMILES string of the molecule is CCOc1ccc(CNCCC(=O)NCc2cccnc2)cc1. The molecule has 1 aromatic carbocycles. The van der Waals surface area contributed by atoms with Crippen molar-refractivity contribution in [2.75, 3.05) is 13.2 Å². The Hall–Kier alpha value is -2.40. The molecule has 2 aromatic rings. The second-order valence-electron chi connectivity index (χ2n) is 5.14. The van der Waals surface area contributed by atoms with Crippen LogP contribution in [-0.2, 0) is 17.9 Å². The van der Waals surface area contributed by atoms with E-state index in [0.717, 1.165) is 17.9 Å². The lowest BCUT2D eigenvalue weighted by Gasteiger charge is -2.08. The minimum atomic E-state index is 0.0352. The van der Waals surface area contributed by atoms with E-state index >= 15 is 0 Å². The van der Waals surface area contributed by atoms with Crippen molar-refractivity contribution in [3.8, 4) is 5.75 Å². The highest BCUT2D eigenvalue weighted by molar-refractivity contribution is 5.76. The van der Waals surface area contributed by atoms with Crippen LogP contribution in [0.5, 0.6) is 5.75 Å². The third-order valence-electron chi connectivity index (χ3n) is 3.30. The molecule has 0 aliphatic rings. The maximum Gasteiger partial charge on any atom is 0.221 e. The first-order chi connectivity index (χ1) is 11.3. The van der Waals surface area contributed by atoms with Gasteiger partial charge in [-0.05, 0) is 36.2 Å². The van der Waals surface area contributed by atoms with Crippen LogP contribution in [0.3, 0.4) is 0 Å². The van der Waals surface area contributed by atoms with Gasteiger partial charge in [-0.25, -0.2) is 0 Å². The first-order valence-electron chi connectivity index (χ1n) is 7.86. The number of nitrogens with one attached hydrogen (secondary N) is 2. The summed E-state index contributed by atoms with van der Waals surface area (Å²) in [6.07, 6.45) is 3.93. The highest BCUT2D eigenvalue weighted by Gasteiger charge is 2.01. The molecule has 0 radical (unpaired) electrons. The van der Waals surface area contributed by atoms with Gasteiger partial charge in [-0.3, -0.25) is 9.78 Å². The molecule has 23 heavy (non-hydrogen) atoms. The zero-order valence-corrected chi connectivity index (χ0v) is 13.4. The molecule has 0 saturated heterocycles. The van der Waals surface area contributed by atoms with E-state index in [4.69, 9.17) is 4.74 Å². The molecule has 2 rings (SSSR count). The van der Waals surface area contributed by atoms with Crippen molar-refractivity contribution < 1.29 is 9.53 Å². The van der Waals surface area contributed by atoms with Crippen molar-refractivity contribution in [3.05, 3.63) is 59.9 Å². The molecule has 1 amide bonds. The van der Waals surface area contributed by atoms with Gasteiger partial charge in [0.25, 0.3) is 0 Å². The van der Waals surface area contributed by atoms with Gasteiger partial charge in [-0.2, -0.15) is 0 Å². The molecule has 0 atom stereocenters. The Morgan fingerprint density at radius 2 is 1.96 bits per heavy atom. The Morgan fingerprint density at radius 3 is 2.65 bits per heavy atom. The van der Waals surface area contributed by atoms with E-state index in [9.17, 15) is 4.79 Å². The van der Waals surface area contributed by atoms with Crippen LogP contribution < -0.4 is 15.4 Å². The molecule has 0 unspecified atom stereocenters. The van der Waals surface area contributed by atoms with E-state index < -0.39 is 0 Å². The quantitative estimate of drug-likeness (QED) is 0.697. The standard InChI is InChI=1S/C18H23N3O2/c1-2-23-17-7-5-15(6-8-17)12-20-11-9-18(22)21-14-16-4-3-10-19-13-16/h3-8,10,13,20H,2,9,11-12,14H2,1H3,(H,21,22). The number of aromatic nitrogens is 1. The van der Waals surface area contributed by atoms with E-state index in [0.29, 0.717) is 26.1 Å². The zero-order chi connectivity index (χ0) is 16.3. The number of amides is 1. The van der Waals surface area contributed by atoms with E-state index in [-0.39, 0.29) is 5.91 Å². The second kappa shape index (κ2) is 9.58. The number of hydrogen-bond acceptors (Lipinski definition) is 4. The van der Waals surface area contributed by atoms with E-state index in [2.05, 4.69) is 15.6 Å². The van der Waals surface area contributed by atoms with Crippen LogP contribution in [0.4, 0.5) is 0 Å². The van der Waals surface area contributed by atoms with Crippen molar-refractivity contribution in [2.24, 2.45) is 0 Å². The molecule has 0 saturated carbocycles. The van der Waals surface area contributed by atoms with Gasteiger partial charge in [-0.15, -0.1) is 0 Å². The Balaban J connectivity index is 1.60. The summed E-state index contributed by atoms with van der Waals surface area (Å²) in [5.74, 6) is 0.916. The summed E-state index contributed by atoms with van der Waals surface area (Å²) in [5, 5.41) is 6.15. The molecule has 1 heterocycles. The van der Waals surface area contributed by atoms with Crippen LogP contribution in [0.25, 0.3) is 0 Å². The smallest absolute Gasteiger partial charge is 0.221 e. The van der Waals surface area contributed by atoms with E-state index in [1.54, 1.807) is 12.4 Å².